The summed E-state index contributed by atoms with van der Waals surface area (Å²) in [7, 11) is 0. The third kappa shape index (κ3) is 3.98. The van der Waals surface area contributed by atoms with E-state index in [9.17, 15) is 14.4 Å². The van der Waals surface area contributed by atoms with Gasteiger partial charge in [0.15, 0.2) is 0 Å². The second-order valence-corrected chi connectivity index (χ2v) is 4.91. The van der Waals surface area contributed by atoms with Gasteiger partial charge in [-0.15, -0.1) is 11.3 Å². The van der Waals surface area contributed by atoms with Gasteiger partial charge in [-0.1, -0.05) is 0 Å². The molecule has 1 aliphatic heterocycles. The van der Waals surface area contributed by atoms with Crippen LogP contribution in [-0.2, 0) is 19.0 Å². The molecule has 1 aromatic rings. The number of rotatable bonds is 4. The van der Waals surface area contributed by atoms with E-state index in [1.807, 2.05) is 0 Å². The zero-order chi connectivity index (χ0) is 15.9. The second-order valence-electron chi connectivity index (χ2n) is 3.99. The lowest BCUT2D eigenvalue weighted by atomic mass is 10.3. The highest BCUT2D eigenvalue weighted by molar-refractivity contribution is 7.14. The first-order valence-corrected chi connectivity index (χ1v) is 7.31. The van der Waals surface area contributed by atoms with Crippen LogP contribution in [0.15, 0.2) is 23.5 Å². The van der Waals surface area contributed by atoms with Gasteiger partial charge in [0.1, 0.15) is 24.5 Å². The first kappa shape index (κ1) is 15.8. The summed E-state index contributed by atoms with van der Waals surface area (Å²) in [6.07, 6.45) is 0.368. The Kier molecular flexibility index (Phi) is 5.37. The van der Waals surface area contributed by atoms with E-state index in [1.54, 1.807) is 12.3 Å². The molecule has 118 valence electrons. The van der Waals surface area contributed by atoms with Crippen LogP contribution in [0.3, 0.4) is 0 Å². The van der Waals surface area contributed by atoms with Gasteiger partial charge in [0, 0.05) is 0 Å². The van der Waals surface area contributed by atoms with Crippen LogP contribution in [-0.4, -0.2) is 37.7 Å². The minimum absolute atomic E-state index is 0.0244. The fraction of sp³-hybridized carbons (Fsp3) is 0.308. The van der Waals surface area contributed by atoms with Crippen molar-refractivity contribution in [2.24, 2.45) is 0 Å². The molecular formula is C13H14N2O6S. The highest BCUT2D eigenvalue weighted by atomic mass is 32.1. The van der Waals surface area contributed by atoms with Crippen LogP contribution in [0, 0.1) is 0 Å². The normalized spacial score (nSPS) is 13.2. The Labute approximate surface area is 130 Å². The summed E-state index contributed by atoms with van der Waals surface area (Å²) in [5.74, 6) is -1.17. The largest absolute Gasteiger partial charge is 0.494 e. The van der Waals surface area contributed by atoms with Gasteiger partial charge in [-0.3, -0.25) is 14.9 Å². The molecule has 0 aromatic carbocycles. The van der Waals surface area contributed by atoms with Crippen molar-refractivity contribution in [2.45, 2.75) is 6.92 Å². The third-order valence-corrected chi connectivity index (χ3v) is 3.33. The number of alkyl carbamates (subject to hydrolysis) is 1. The van der Waals surface area contributed by atoms with E-state index in [-0.39, 0.29) is 24.5 Å². The van der Waals surface area contributed by atoms with Crippen molar-refractivity contribution >= 4 is 34.2 Å². The van der Waals surface area contributed by atoms with Crippen molar-refractivity contribution in [3.63, 3.8) is 0 Å². The SMILES string of the molecule is CCOC(=O)NC(=O)c1ccsc1NC(=O)C1=COCCO1. The number of anilines is 1. The van der Waals surface area contributed by atoms with Gasteiger partial charge in [0.25, 0.3) is 11.8 Å². The van der Waals surface area contributed by atoms with Crippen LogP contribution in [0.5, 0.6) is 0 Å². The van der Waals surface area contributed by atoms with Crippen LogP contribution in [0.2, 0.25) is 0 Å². The van der Waals surface area contributed by atoms with E-state index in [0.29, 0.717) is 11.6 Å². The number of thiophene rings is 1. The number of nitrogens with one attached hydrogen (secondary N) is 2. The number of amides is 3. The quantitative estimate of drug-likeness (QED) is 0.868. The molecular weight excluding hydrogens is 312 g/mol. The highest BCUT2D eigenvalue weighted by Crippen LogP contribution is 2.24. The average Bonchev–Trinajstić information content (AvgIpc) is 2.96. The van der Waals surface area contributed by atoms with E-state index in [2.05, 4.69) is 15.4 Å². The number of hydrogen-bond donors (Lipinski definition) is 2. The molecule has 0 spiro atoms. The standard InChI is InChI=1S/C13H14N2O6S/c1-2-20-13(18)15-10(16)8-3-6-22-12(8)14-11(17)9-7-19-4-5-21-9/h3,6-7H,2,4-5H2,1H3,(H,14,17)(H,15,16,18). The van der Waals surface area contributed by atoms with Crippen LogP contribution in [0.1, 0.15) is 17.3 Å². The molecule has 0 saturated carbocycles. The molecule has 0 aliphatic carbocycles. The fourth-order valence-corrected chi connectivity index (χ4v) is 2.34. The smallest absolute Gasteiger partial charge is 0.414 e. The minimum atomic E-state index is -0.845. The van der Waals surface area contributed by atoms with Crippen LogP contribution in [0.25, 0.3) is 0 Å². The van der Waals surface area contributed by atoms with Gasteiger partial charge in [-0.25, -0.2) is 4.79 Å². The molecule has 0 fully saturated rings. The first-order valence-electron chi connectivity index (χ1n) is 6.43. The lowest BCUT2D eigenvalue weighted by Gasteiger charge is -2.14. The van der Waals surface area contributed by atoms with Crippen molar-refractivity contribution in [3.05, 3.63) is 29.0 Å². The maximum absolute atomic E-state index is 12.0. The van der Waals surface area contributed by atoms with Crippen molar-refractivity contribution in [2.75, 3.05) is 25.1 Å². The van der Waals surface area contributed by atoms with Gasteiger partial charge in [-0.2, -0.15) is 0 Å². The zero-order valence-electron chi connectivity index (χ0n) is 11.7. The summed E-state index contributed by atoms with van der Waals surface area (Å²) in [6, 6.07) is 1.49. The van der Waals surface area contributed by atoms with E-state index < -0.39 is 17.9 Å². The number of carbonyl (C=O) groups excluding carboxylic acids is 3. The Hall–Kier alpha value is -2.55. The summed E-state index contributed by atoms with van der Waals surface area (Å²) in [6.45, 7) is 2.43. The van der Waals surface area contributed by atoms with E-state index in [4.69, 9.17) is 9.47 Å². The highest BCUT2D eigenvalue weighted by Gasteiger charge is 2.21. The Morgan fingerprint density at radius 3 is 2.82 bits per heavy atom. The molecule has 9 heteroatoms. The molecule has 1 aliphatic rings. The average molecular weight is 326 g/mol. The number of hydrogen-bond acceptors (Lipinski definition) is 7. The molecule has 2 rings (SSSR count). The summed E-state index contributed by atoms with van der Waals surface area (Å²) in [5, 5.41) is 6.51. The molecule has 3 amide bonds. The van der Waals surface area contributed by atoms with Crippen molar-refractivity contribution in [3.8, 4) is 0 Å². The van der Waals surface area contributed by atoms with Gasteiger partial charge in [0.05, 0.1) is 12.2 Å². The van der Waals surface area contributed by atoms with Gasteiger partial charge in [-0.05, 0) is 18.4 Å². The molecule has 0 saturated heterocycles. The number of carbonyl (C=O) groups is 3. The monoisotopic (exact) mass is 326 g/mol. The summed E-state index contributed by atoms with van der Waals surface area (Å²) < 4.78 is 14.8. The molecule has 8 nitrogen and oxygen atoms in total. The van der Waals surface area contributed by atoms with E-state index in [0.717, 1.165) is 11.3 Å². The second kappa shape index (κ2) is 7.46. The molecule has 2 N–H and O–H groups in total. The number of ether oxygens (including phenoxy) is 3. The minimum Gasteiger partial charge on any atom is -0.494 e. The zero-order valence-corrected chi connectivity index (χ0v) is 12.5. The first-order chi connectivity index (χ1) is 10.6. The van der Waals surface area contributed by atoms with E-state index >= 15 is 0 Å². The van der Waals surface area contributed by atoms with Crippen LogP contribution >= 0.6 is 11.3 Å². The summed E-state index contributed by atoms with van der Waals surface area (Å²) in [5.41, 5.74) is 0.156. The van der Waals surface area contributed by atoms with Crippen LogP contribution in [0.4, 0.5) is 9.80 Å². The number of imide groups is 1. The Balaban J connectivity index is 2.02. The predicted octanol–water partition coefficient (Wildman–Crippen LogP) is 1.46. The van der Waals surface area contributed by atoms with Crippen molar-refractivity contribution in [1.29, 1.82) is 0 Å². The van der Waals surface area contributed by atoms with Gasteiger partial charge >= 0.3 is 6.09 Å². The molecule has 22 heavy (non-hydrogen) atoms. The van der Waals surface area contributed by atoms with Crippen molar-refractivity contribution < 1.29 is 28.6 Å². The maximum atomic E-state index is 12.0. The third-order valence-electron chi connectivity index (χ3n) is 2.50. The molecule has 0 radical (unpaired) electrons. The predicted molar refractivity (Wildman–Crippen MR) is 77.4 cm³/mol. The van der Waals surface area contributed by atoms with Gasteiger partial charge < -0.3 is 19.5 Å². The lowest BCUT2D eigenvalue weighted by Crippen LogP contribution is -2.31. The molecule has 2 heterocycles. The van der Waals surface area contributed by atoms with Gasteiger partial charge in [0.2, 0.25) is 5.76 Å². The molecule has 1 aromatic heterocycles. The molecule has 0 unspecified atom stereocenters. The topological polar surface area (TPSA) is 103 Å². The summed E-state index contributed by atoms with van der Waals surface area (Å²) >= 11 is 1.14. The Morgan fingerprint density at radius 1 is 1.32 bits per heavy atom. The summed E-state index contributed by atoms with van der Waals surface area (Å²) in [4.78, 5) is 35.2. The maximum Gasteiger partial charge on any atom is 0.414 e. The van der Waals surface area contributed by atoms with Crippen molar-refractivity contribution in [1.82, 2.24) is 5.32 Å². The Morgan fingerprint density at radius 2 is 2.14 bits per heavy atom. The van der Waals surface area contributed by atoms with Crippen LogP contribution < -0.4 is 10.6 Å². The molecule has 0 atom stereocenters. The van der Waals surface area contributed by atoms with E-state index in [1.165, 1.54) is 12.3 Å². The Bertz CT molecular complexity index is 609. The molecule has 0 bridgehead atoms. The fourth-order valence-electron chi connectivity index (χ4n) is 1.56. The lowest BCUT2D eigenvalue weighted by molar-refractivity contribution is -0.117.